The monoisotopic (exact) mass is 488 g/mol. The van der Waals surface area contributed by atoms with Gasteiger partial charge in [-0.3, -0.25) is 14.2 Å². The first kappa shape index (κ1) is 24.4. The summed E-state index contributed by atoms with van der Waals surface area (Å²) in [5.41, 5.74) is 0.942. The summed E-state index contributed by atoms with van der Waals surface area (Å²) in [4.78, 5) is 57.2. The van der Waals surface area contributed by atoms with Crippen LogP contribution in [-0.4, -0.2) is 40.6 Å². The molecule has 1 amide bonds. The van der Waals surface area contributed by atoms with Crippen LogP contribution < -0.4 is 21.3 Å². The van der Waals surface area contributed by atoms with E-state index in [2.05, 4.69) is 15.3 Å². The van der Waals surface area contributed by atoms with Gasteiger partial charge >= 0.3 is 11.7 Å². The number of aromatic amines is 1. The van der Waals surface area contributed by atoms with Crippen LogP contribution in [0.4, 0.5) is 0 Å². The first-order valence-electron chi connectivity index (χ1n) is 11.1. The van der Waals surface area contributed by atoms with Crippen LogP contribution in [0.2, 0.25) is 0 Å². The molecule has 0 aliphatic heterocycles. The van der Waals surface area contributed by atoms with Gasteiger partial charge in [0.15, 0.2) is 0 Å². The predicted octanol–water partition coefficient (Wildman–Crippen LogP) is 2.42. The molecule has 0 aliphatic carbocycles. The number of carbonyl (C=O) groups excluding carboxylic acids is 2. The van der Waals surface area contributed by atoms with Gasteiger partial charge in [-0.2, -0.15) is 0 Å². The second-order valence-corrected chi connectivity index (χ2v) is 8.04. The highest BCUT2D eigenvalue weighted by atomic mass is 16.5. The average molecular weight is 489 g/mol. The number of hydrogen-bond donors (Lipinski definition) is 2. The molecular formula is C26H24N4O6. The van der Waals surface area contributed by atoms with Crippen molar-refractivity contribution in [3.8, 4) is 5.75 Å². The summed E-state index contributed by atoms with van der Waals surface area (Å²) in [6, 6.07) is 14.4. The molecule has 0 spiro atoms. The summed E-state index contributed by atoms with van der Waals surface area (Å²) in [6.07, 6.45) is 1.29. The number of aromatic nitrogens is 3. The van der Waals surface area contributed by atoms with Crippen molar-refractivity contribution in [1.82, 2.24) is 19.9 Å². The number of carbonyl (C=O) groups is 2. The molecule has 4 aromatic rings. The minimum absolute atomic E-state index is 0.0433. The number of esters is 1. The van der Waals surface area contributed by atoms with E-state index in [0.29, 0.717) is 16.9 Å². The van der Waals surface area contributed by atoms with Crippen LogP contribution in [0, 0.1) is 0 Å². The first-order chi connectivity index (χ1) is 17.3. The van der Waals surface area contributed by atoms with E-state index < -0.39 is 29.2 Å². The maximum absolute atomic E-state index is 13.3. The van der Waals surface area contributed by atoms with Crippen molar-refractivity contribution >= 4 is 22.8 Å². The highest BCUT2D eigenvalue weighted by Crippen LogP contribution is 2.17. The Morgan fingerprint density at radius 3 is 2.39 bits per heavy atom. The van der Waals surface area contributed by atoms with Crippen LogP contribution in [0.5, 0.6) is 5.75 Å². The van der Waals surface area contributed by atoms with Gasteiger partial charge < -0.3 is 19.8 Å². The molecule has 4 rings (SSSR count). The van der Waals surface area contributed by atoms with Gasteiger partial charge in [0.1, 0.15) is 11.4 Å². The number of nitrogens with one attached hydrogen (secondary N) is 2. The number of H-pyrrole nitrogens is 1. The minimum atomic E-state index is -0.641. The minimum Gasteiger partial charge on any atom is -0.497 e. The highest BCUT2D eigenvalue weighted by molar-refractivity contribution is 5.95. The molecular weight excluding hydrogens is 464 g/mol. The Hall–Kier alpha value is -4.73. The third-order valence-electron chi connectivity index (χ3n) is 5.86. The van der Waals surface area contributed by atoms with Crippen molar-refractivity contribution < 1.29 is 19.1 Å². The zero-order chi connectivity index (χ0) is 25.8. The fourth-order valence-corrected chi connectivity index (χ4v) is 3.79. The normalized spacial score (nSPS) is 11.6. The van der Waals surface area contributed by atoms with Gasteiger partial charge in [-0.15, -0.1) is 0 Å². The highest BCUT2D eigenvalue weighted by Gasteiger charge is 2.18. The molecule has 10 nitrogen and oxygen atoms in total. The lowest BCUT2D eigenvalue weighted by atomic mass is 10.1. The van der Waals surface area contributed by atoms with Gasteiger partial charge in [-0.25, -0.2) is 14.6 Å². The Balaban J connectivity index is 1.61. The molecule has 1 atom stereocenters. The molecule has 2 aromatic heterocycles. The second-order valence-electron chi connectivity index (χ2n) is 8.04. The number of nitrogens with zero attached hydrogens (tertiary/aromatic N) is 2. The van der Waals surface area contributed by atoms with Gasteiger partial charge in [0.05, 0.1) is 42.9 Å². The Kier molecular flexibility index (Phi) is 6.95. The quantitative estimate of drug-likeness (QED) is 0.382. The number of fused-ring (bicyclic) bond motifs is 1. The zero-order valence-electron chi connectivity index (χ0n) is 19.9. The lowest BCUT2D eigenvalue weighted by Gasteiger charge is -2.15. The third kappa shape index (κ3) is 4.88. The van der Waals surface area contributed by atoms with E-state index in [4.69, 9.17) is 9.47 Å². The maximum atomic E-state index is 13.3. The zero-order valence-corrected chi connectivity index (χ0v) is 19.9. The summed E-state index contributed by atoms with van der Waals surface area (Å²) in [5.74, 6) is -0.239. The van der Waals surface area contributed by atoms with Crippen molar-refractivity contribution in [3.05, 3.63) is 104 Å². The Bertz CT molecular complexity index is 1540. The molecule has 0 aliphatic rings. The molecule has 0 saturated heterocycles. The van der Waals surface area contributed by atoms with E-state index in [1.807, 2.05) is 12.1 Å². The molecule has 0 radical (unpaired) electrons. The maximum Gasteiger partial charge on any atom is 0.337 e. The standard InChI is InChI=1S/C26H24N4O6/c1-15(17-6-8-18(9-7-17)25(33)36-3)30-24(32)20-12-21(27-14-22(20)29-26(30)34)23(31)28-13-16-4-10-19(35-2)11-5-16/h4-12,14-15H,13H2,1-3H3,(H,28,31)(H,29,34). The Labute approximate surface area is 205 Å². The van der Waals surface area contributed by atoms with E-state index in [-0.39, 0.29) is 23.1 Å². The largest absolute Gasteiger partial charge is 0.497 e. The lowest BCUT2D eigenvalue weighted by Crippen LogP contribution is -2.37. The molecule has 1 unspecified atom stereocenters. The number of hydrogen-bond acceptors (Lipinski definition) is 7. The fraction of sp³-hybridized carbons (Fsp3) is 0.192. The summed E-state index contributed by atoms with van der Waals surface area (Å²) in [5, 5.41) is 2.92. The summed E-state index contributed by atoms with van der Waals surface area (Å²) in [7, 11) is 2.86. The summed E-state index contributed by atoms with van der Waals surface area (Å²) in [6.45, 7) is 1.95. The van der Waals surface area contributed by atoms with Gasteiger partial charge in [-0.1, -0.05) is 24.3 Å². The van der Waals surface area contributed by atoms with E-state index in [1.165, 1.54) is 19.4 Å². The predicted molar refractivity (Wildman–Crippen MR) is 132 cm³/mol. The van der Waals surface area contributed by atoms with E-state index >= 15 is 0 Å². The second kappa shape index (κ2) is 10.3. The average Bonchev–Trinajstić information content (AvgIpc) is 2.91. The number of amides is 1. The van der Waals surface area contributed by atoms with Gasteiger partial charge in [-0.05, 0) is 48.4 Å². The van der Waals surface area contributed by atoms with Crippen molar-refractivity contribution in [2.75, 3.05) is 14.2 Å². The SMILES string of the molecule is COC(=O)c1ccc(C(C)n2c(=O)[nH]c3cnc(C(=O)NCc4ccc(OC)cc4)cc3c2=O)cc1. The van der Waals surface area contributed by atoms with Crippen molar-refractivity contribution in [3.63, 3.8) is 0 Å². The number of benzene rings is 2. The van der Waals surface area contributed by atoms with Crippen LogP contribution in [0.3, 0.4) is 0 Å². The smallest absolute Gasteiger partial charge is 0.337 e. The van der Waals surface area contributed by atoms with Gasteiger partial charge in [0.25, 0.3) is 11.5 Å². The third-order valence-corrected chi connectivity index (χ3v) is 5.86. The molecule has 184 valence electrons. The molecule has 10 heteroatoms. The van der Waals surface area contributed by atoms with Crippen LogP contribution in [0.1, 0.15) is 44.9 Å². The van der Waals surface area contributed by atoms with Gasteiger partial charge in [0, 0.05) is 6.54 Å². The molecule has 2 N–H and O–H groups in total. The Morgan fingerprint density at radius 2 is 1.75 bits per heavy atom. The van der Waals surface area contributed by atoms with Crippen molar-refractivity contribution in [2.24, 2.45) is 0 Å². The van der Waals surface area contributed by atoms with Gasteiger partial charge in [0.2, 0.25) is 0 Å². The summed E-state index contributed by atoms with van der Waals surface area (Å²) >= 11 is 0. The molecule has 36 heavy (non-hydrogen) atoms. The van der Waals surface area contributed by atoms with Crippen molar-refractivity contribution in [2.45, 2.75) is 19.5 Å². The van der Waals surface area contributed by atoms with Crippen LogP contribution in [0.25, 0.3) is 10.9 Å². The molecule has 2 aromatic carbocycles. The topological polar surface area (TPSA) is 132 Å². The Morgan fingerprint density at radius 1 is 1.06 bits per heavy atom. The van der Waals surface area contributed by atoms with Crippen molar-refractivity contribution in [1.29, 1.82) is 0 Å². The molecule has 0 fully saturated rings. The molecule has 2 heterocycles. The summed E-state index contributed by atoms with van der Waals surface area (Å²) < 4.78 is 10.9. The van der Waals surface area contributed by atoms with Crippen LogP contribution in [-0.2, 0) is 11.3 Å². The molecule has 0 bridgehead atoms. The van der Waals surface area contributed by atoms with E-state index in [0.717, 1.165) is 10.1 Å². The fourth-order valence-electron chi connectivity index (χ4n) is 3.79. The van der Waals surface area contributed by atoms with Crippen LogP contribution in [0.15, 0.2) is 70.4 Å². The number of methoxy groups -OCH3 is 2. The van der Waals surface area contributed by atoms with E-state index in [9.17, 15) is 19.2 Å². The number of ether oxygens (including phenoxy) is 2. The number of rotatable bonds is 7. The van der Waals surface area contributed by atoms with Crippen LogP contribution >= 0.6 is 0 Å². The lowest BCUT2D eigenvalue weighted by molar-refractivity contribution is 0.0600. The molecule has 0 saturated carbocycles. The number of pyridine rings is 1. The first-order valence-corrected chi connectivity index (χ1v) is 11.1. The van der Waals surface area contributed by atoms with E-state index in [1.54, 1.807) is 50.4 Å².